The molecular weight excluding hydrogens is 458 g/mol. The number of piperidine rings is 1. The summed E-state index contributed by atoms with van der Waals surface area (Å²) >= 11 is 1.33. The molecule has 1 aliphatic heterocycles. The second kappa shape index (κ2) is 9.62. The van der Waals surface area contributed by atoms with E-state index in [-0.39, 0.29) is 16.8 Å². The van der Waals surface area contributed by atoms with Gasteiger partial charge in [0.05, 0.1) is 17.7 Å². The van der Waals surface area contributed by atoms with Gasteiger partial charge in [0.1, 0.15) is 5.75 Å². The molecule has 0 spiro atoms. The Morgan fingerprint density at radius 2 is 1.94 bits per heavy atom. The molecule has 0 saturated carbocycles. The molecule has 1 amide bonds. The summed E-state index contributed by atoms with van der Waals surface area (Å²) in [4.78, 5) is 17.4. The number of amides is 1. The van der Waals surface area contributed by atoms with Crippen LogP contribution in [0.15, 0.2) is 52.7 Å². The van der Waals surface area contributed by atoms with Crippen molar-refractivity contribution in [2.75, 3.05) is 19.0 Å². The molecule has 1 aromatic heterocycles. The summed E-state index contributed by atoms with van der Waals surface area (Å²) in [5.41, 5.74) is 3.07. The lowest BCUT2D eigenvalue weighted by Crippen LogP contribution is -2.41. The molecule has 3 aromatic rings. The average molecular weight is 486 g/mol. The summed E-state index contributed by atoms with van der Waals surface area (Å²) in [6, 6.07) is 11.9. The molecule has 9 heteroatoms. The SMILES string of the molecule is COc1ccc(-c2csc(NC(=O)c3ccc(S(=O)(=O)N4CCCC[C@H]4C)cc3)n2)cc1C. The highest BCUT2D eigenvalue weighted by Gasteiger charge is 2.30. The third kappa shape index (κ3) is 4.95. The number of aromatic nitrogens is 1. The zero-order valence-electron chi connectivity index (χ0n) is 18.9. The average Bonchev–Trinajstić information content (AvgIpc) is 3.27. The third-order valence-corrected chi connectivity index (χ3v) is 8.67. The minimum Gasteiger partial charge on any atom is -0.496 e. The largest absolute Gasteiger partial charge is 0.496 e. The van der Waals surface area contributed by atoms with Gasteiger partial charge in [-0.25, -0.2) is 13.4 Å². The van der Waals surface area contributed by atoms with E-state index in [4.69, 9.17) is 4.74 Å². The van der Waals surface area contributed by atoms with Crippen molar-refractivity contribution in [1.29, 1.82) is 0 Å². The number of carbonyl (C=O) groups excluding carboxylic acids is 1. The van der Waals surface area contributed by atoms with Crippen molar-refractivity contribution in [3.8, 4) is 17.0 Å². The van der Waals surface area contributed by atoms with Gasteiger partial charge in [-0.05, 0) is 74.7 Å². The van der Waals surface area contributed by atoms with E-state index >= 15 is 0 Å². The first-order valence-corrected chi connectivity index (χ1v) is 13.2. The zero-order valence-corrected chi connectivity index (χ0v) is 20.5. The molecule has 174 valence electrons. The van der Waals surface area contributed by atoms with E-state index in [0.717, 1.165) is 41.8 Å². The van der Waals surface area contributed by atoms with Crippen molar-refractivity contribution in [3.63, 3.8) is 0 Å². The van der Waals surface area contributed by atoms with E-state index in [9.17, 15) is 13.2 Å². The Kier molecular flexibility index (Phi) is 6.83. The van der Waals surface area contributed by atoms with Crippen LogP contribution in [0.2, 0.25) is 0 Å². The molecule has 1 atom stereocenters. The number of carbonyl (C=O) groups is 1. The van der Waals surface area contributed by atoms with Crippen molar-refractivity contribution >= 4 is 32.4 Å². The summed E-state index contributed by atoms with van der Waals surface area (Å²) in [6.07, 6.45) is 2.78. The van der Waals surface area contributed by atoms with E-state index in [0.29, 0.717) is 17.2 Å². The van der Waals surface area contributed by atoms with Gasteiger partial charge in [-0.3, -0.25) is 10.1 Å². The molecule has 0 aliphatic carbocycles. The van der Waals surface area contributed by atoms with E-state index in [2.05, 4.69) is 10.3 Å². The number of hydrogen-bond acceptors (Lipinski definition) is 6. The first kappa shape index (κ1) is 23.4. The summed E-state index contributed by atoms with van der Waals surface area (Å²) in [7, 11) is -1.93. The molecule has 1 N–H and O–H groups in total. The lowest BCUT2D eigenvalue weighted by atomic mass is 10.1. The van der Waals surface area contributed by atoms with Crippen molar-refractivity contribution < 1.29 is 17.9 Å². The zero-order chi connectivity index (χ0) is 23.6. The highest BCUT2D eigenvalue weighted by molar-refractivity contribution is 7.89. The number of ether oxygens (including phenoxy) is 1. The molecule has 0 unspecified atom stereocenters. The van der Waals surface area contributed by atoms with Gasteiger partial charge < -0.3 is 4.74 Å². The van der Waals surface area contributed by atoms with Crippen molar-refractivity contribution in [2.45, 2.75) is 44.0 Å². The van der Waals surface area contributed by atoms with Crippen LogP contribution in [0.1, 0.15) is 42.1 Å². The van der Waals surface area contributed by atoms with Gasteiger partial charge in [-0.2, -0.15) is 4.31 Å². The molecule has 0 radical (unpaired) electrons. The maximum atomic E-state index is 13.0. The van der Waals surface area contributed by atoms with Crippen LogP contribution >= 0.6 is 11.3 Å². The van der Waals surface area contributed by atoms with E-state index in [1.807, 2.05) is 37.4 Å². The van der Waals surface area contributed by atoms with Crippen molar-refractivity contribution in [2.24, 2.45) is 0 Å². The van der Waals surface area contributed by atoms with Gasteiger partial charge in [0.2, 0.25) is 10.0 Å². The summed E-state index contributed by atoms with van der Waals surface area (Å²) in [6.45, 7) is 4.44. The number of aryl methyl sites for hydroxylation is 1. The Morgan fingerprint density at radius 3 is 2.61 bits per heavy atom. The lowest BCUT2D eigenvalue weighted by Gasteiger charge is -2.32. The Balaban J connectivity index is 1.46. The summed E-state index contributed by atoms with van der Waals surface area (Å²) in [5.74, 6) is 0.472. The molecule has 33 heavy (non-hydrogen) atoms. The monoisotopic (exact) mass is 485 g/mol. The normalized spacial score (nSPS) is 17.0. The standard InChI is InChI=1S/C24H27N3O4S2/c1-16-14-19(9-12-22(16)31-3)21-15-32-24(25-21)26-23(28)18-7-10-20(11-8-18)33(29,30)27-13-5-4-6-17(27)2/h7-12,14-15,17H,4-6,13H2,1-3H3,(H,25,26,28)/t17-/m1/s1. The van der Waals surface area contributed by atoms with Crippen LogP contribution in [0.25, 0.3) is 11.3 Å². The smallest absolute Gasteiger partial charge is 0.257 e. The maximum absolute atomic E-state index is 13.0. The molecule has 1 fully saturated rings. The number of rotatable bonds is 6. The minimum atomic E-state index is -3.57. The first-order valence-electron chi connectivity index (χ1n) is 10.8. The Bertz CT molecular complexity index is 1250. The molecule has 1 aliphatic rings. The Morgan fingerprint density at radius 1 is 1.18 bits per heavy atom. The van der Waals surface area contributed by atoms with E-state index in [1.165, 1.54) is 35.6 Å². The van der Waals surface area contributed by atoms with Crippen molar-refractivity contribution in [3.05, 3.63) is 59.0 Å². The lowest BCUT2D eigenvalue weighted by molar-refractivity contribution is 0.102. The van der Waals surface area contributed by atoms with Gasteiger partial charge in [-0.1, -0.05) is 6.42 Å². The van der Waals surface area contributed by atoms with Crippen LogP contribution in [0.5, 0.6) is 5.75 Å². The number of anilines is 1. The Hall–Kier alpha value is -2.75. The summed E-state index contributed by atoms with van der Waals surface area (Å²) < 4.78 is 32.8. The fourth-order valence-corrected chi connectivity index (χ4v) is 6.43. The molecule has 4 rings (SSSR count). The van der Waals surface area contributed by atoms with Crippen LogP contribution in [0.3, 0.4) is 0 Å². The second-order valence-corrected chi connectivity index (χ2v) is 10.9. The van der Waals surface area contributed by atoms with Gasteiger partial charge in [-0.15, -0.1) is 11.3 Å². The number of sulfonamides is 1. The third-order valence-electron chi connectivity index (χ3n) is 5.88. The maximum Gasteiger partial charge on any atom is 0.257 e. The van der Waals surface area contributed by atoms with E-state index < -0.39 is 10.0 Å². The molecule has 2 heterocycles. The fraction of sp³-hybridized carbons (Fsp3) is 0.333. The summed E-state index contributed by atoms with van der Waals surface area (Å²) in [5, 5.41) is 5.15. The van der Waals surface area contributed by atoms with Gasteiger partial charge in [0.15, 0.2) is 5.13 Å². The van der Waals surface area contributed by atoms with Crippen LogP contribution < -0.4 is 10.1 Å². The number of nitrogens with one attached hydrogen (secondary N) is 1. The number of methoxy groups -OCH3 is 1. The minimum absolute atomic E-state index is 0.0136. The van der Waals surface area contributed by atoms with Crippen LogP contribution in [0, 0.1) is 6.92 Å². The predicted molar refractivity (Wildman–Crippen MR) is 130 cm³/mol. The number of hydrogen-bond donors (Lipinski definition) is 1. The quantitative estimate of drug-likeness (QED) is 0.534. The predicted octanol–water partition coefficient (Wildman–Crippen LogP) is 4.94. The highest BCUT2D eigenvalue weighted by atomic mass is 32.2. The topological polar surface area (TPSA) is 88.6 Å². The molecule has 0 bridgehead atoms. The second-order valence-electron chi connectivity index (χ2n) is 8.16. The Labute approximate surface area is 198 Å². The molecule has 2 aromatic carbocycles. The van der Waals surface area contributed by atoms with Crippen LogP contribution in [0.4, 0.5) is 5.13 Å². The number of benzene rings is 2. The van der Waals surface area contributed by atoms with E-state index in [1.54, 1.807) is 11.4 Å². The first-order chi connectivity index (χ1) is 15.8. The van der Waals surface area contributed by atoms with Gasteiger partial charge in [0, 0.05) is 29.1 Å². The molecule has 1 saturated heterocycles. The highest BCUT2D eigenvalue weighted by Crippen LogP contribution is 2.29. The van der Waals surface area contributed by atoms with Crippen LogP contribution in [-0.4, -0.2) is 43.3 Å². The van der Waals surface area contributed by atoms with Gasteiger partial charge in [0.25, 0.3) is 5.91 Å². The van der Waals surface area contributed by atoms with Crippen molar-refractivity contribution in [1.82, 2.24) is 9.29 Å². The fourth-order valence-electron chi connectivity index (χ4n) is 4.01. The van der Waals surface area contributed by atoms with Crippen LogP contribution in [-0.2, 0) is 10.0 Å². The number of thiazole rings is 1. The molecular formula is C24H27N3O4S2. The number of nitrogens with zero attached hydrogens (tertiary/aromatic N) is 2. The van der Waals surface area contributed by atoms with Gasteiger partial charge >= 0.3 is 0 Å². The molecule has 7 nitrogen and oxygen atoms in total.